The number of carbonyl (C=O) groups is 2. The number of aromatic nitrogens is 1. The number of rotatable bonds is 5. The lowest BCUT2D eigenvalue weighted by atomic mass is 9.98. The highest BCUT2D eigenvalue weighted by molar-refractivity contribution is 6.16. The van der Waals surface area contributed by atoms with Crippen LogP contribution in [0.5, 0.6) is 0 Å². The van der Waals surface area contributed by atoms with Crippen molar-refractivity contribution in [3.63, 3.8) is 0 Å². The molecule has 1 heterocycles. The summed E-state index contributed by atoms with van der Waals surface area (Å²) in [5.41, 5.74) is 1.49. The summed E-state index contributed by atoms with van der Waals surface area (Å²) in [6.45, 7) is 4.33. The van der Waals surface area contributed by atoms with Gasteiger partial charge in [0, 0.05) is 29.1 Å². The highest BCUT2D eigenvalue weighted by Crippen LogP contribution is 2.22. The van der Waals surface area contributed by atoms with Gasteiger partial charge >= 0.3 is 5.97 Å². The molecule has 3 rings (SSSR count). The van der Waals surface area contributed by atoms with E-state index in [1.807, 2.05) is 13.0 Å². The number of ketones is 1. The van der Waals surface area contributed by atoms with Crippen LogP contribution in [-0.2, 0) is 11.3 Å². The molecule has 0 spiro atoms. The molecular weight excluding hydrogens is 330 g/mol. The van der Waals surface area contributed by atoms with Gasteiger partial charge in [0.15, 0.2) is 5.78 Å². The van der Waals surface area contributed by atoms with E-state index in [0.717, 1.165) is 0 Å². The van der Waals surface area contributed by atoms with Gasteiger partial charge in [0.1, 0.15) is 0 Å². The monoisotopic (exact) mass is 349 g/mol. The van der Waals surface area contributed by atoms with Crippen LogP contribution in [-0.4, -0.2) is 22.9 Å². The van der Waals surface area contributed by atoms with Crippen molar-refractivity contribution in [2.75, 3.05) is 6.61 Å². The number of hydrogen-bond acceptors (Lipinski definition) is 4. The predicted octanol–water partition coefficient (Wildman–Crippen LogP) is 3.43. The number of esters is 1. The maximum absolute atomic E-state index is 13.0. The van der Waals surface area contributed by atoms with Crippen molar-refractivity contribution in [2.24, 2.45) is 0 Å². The molecule has 132 valence electrons. The number of nitrogens with zero attached hydrogens (tertiary/aromatic N) is 1. The van der Waals surface area contributed by atoms with Crippen molar-refractivity contribution in [2.45, 2.75) is 20.4 Å². The Balaban J connectivity index is 2.27. The molecule has 0 bridgehead atoms. The first-order chi connectivity index (χ1) is 12.6. The minimum Gasteiger partial charge on any atom is -0.462 e. The van der Waals surface area contributed by atoms with E-state index >= 15 is 0 Å². The smallest absolute Gasteiger partial charge is 0.338 e. The second-order valence-electron chi connectivity index (χ2n) is 5.79. The van der Waals surface area contributed by atoms with Crippen molar-refractivity contribution in [1.29, 1.82) is 0 Å². The van der Waals surface area contributed by atoms with Crippen LogP contribution < -0.4 is 5.56 Å². The minimum absolute atomic E-state index is 0.247. The van der Waals surface area contributed by atoms with E-state index in [-0.39, 0.29) is 23.5 Å². The quantitative estimate of drug-likeness (QED) is 0.523. The summed E-state index contributed by atoms with van der Waals surface area (Å²) in [6, 6.07) is 15.0. The molecule has 0 N–H and O–H groups in total. The van der Waals surface area contributed by atoms with Crippen LogP contribution in [0.4, 0.5) is 0 Å². The summed E-state index contributed by atoms with van der Waals surface area (Å²) >= 11 is 0. The summed E-state index contributed by atoms with van der Waals surface area (Å²) in [6.07, 6.45) is 0. The Kier molecular flexibility index (Phi) is 4.98. The lowest BCUT2D eigenvalue weighted by molar-refractivity contribution is 0.0526. The number of fused-ring (bicyclic) bond motifs is 1. The summed E-state index contributed by atoms with van der Waals surface area (Å²) < 4.78 is 6.63. The summed E-state index contributed by atoms with van der Waals surface area (Å²) in [5.74, 6) is -0.710. The number of benzene rings is 2. The molecule has 0 fully saturated rings. The van der Waals surface area contributed by atoms with Crippen LogP contribution in [0.1, 0.15) is 40.1 Å². The Hall–Kier alpha value is -3.21. The van der Waals surface area contributed by atoms with Crippen LogP contribution in [0.15, 0.2) is 59.4 Å². The molecule has 0 atom stereocenters. The fourth-order valence-electron chi connectivity index (χ4n) is 2.99. The molecule has 0 saturated carbocycles. The molecule has 2 aromatic carbocycles. The number of aryl methyl sites for hydroxylation is 1. The third-order valence-corrected chi connectivity index (χ3v) is 4.22. The molecule has 1 aromatic heterocycles. The first-order valence-electron chi connectivity index (χ1n) is 8.51. The molecule has 0 saturated heterocycles. The number of pyridine rings is 1. The zero-order chi connectivity index (χ0) is 18.7. The zero-order valence-electron chi connectivity index (χ0n) is 14.7. The van der Waals surface area contributed by atoms with Gasteiger partial charge in [0.2, 0.25) is 0 Å². The first kappa shape index (κ1) is 17.6. The van der Waals surface area contributed by atoms with Crippen molar-refractivity contribution in [3.8, 4) is 0 Å². The highest BCUT2D eigenvalue weighted by Gasteiger charge is 2.18. The van der Waals surface area contributed by atoms with Crippen LogP contribution in [0.2, 0.25) is 0 Å². The maximum Gasteiger partial charge on any atom is 0.338 e. The average molecular weight is 349 g/mol. The van der Waals surface area contributed by atoms with Gasteiger partial charge in [-0.1, -0.05) is 30.3 Å². The fourth-order valence-corrected chi connectivity index (χ4v) is 2.99. The summed E-state index contributed by atoms with van der Waals surface area (Å²) in [4.78, 5) is 37.5. The van der Waals surface area contributed by atoms with Gasteiger partial charge in [-0.2, -0.15) is 0 Å². The lowest BCUT2D eigenvalue weighted by Gasteiger charge is -2.13. The van der Waals surface area contributed by atoms with Gasteiger partial charge in [-0.25, -0.2) is 4.79 Å². The topological polar surface area (TPSA) is 65.4 Å². The van der Waals surface area contributed by atoms with Crippen molar-refractivity contribution >= 4 is 22.7 Å². The molecule has 3 aromatic rings. The number of carbonyl (C=O) groups excluding carboxylic acids is 2. The molecule has 0 amide bonds. The molecule has 26 heavy (non-hydrogen) atoms. The van der Waals surface area contributed by atoms with Crippen molar-refractivity contribution in [1.82, 2.24) is 4.57 Å². The van der Waals surface area contributed by atoms with E-state index in [1.54, 1.807) is 54.0 Å². The molecule has 5 heteroatoms. The standard InChI is InChI=1S/C21H19NO4/c1-3-22-18-11-10-15(21(25)26-4-2)12-16(18)17(13-19(22)23)20(24)14-8-6-5-7-9-14/h5-13H,3-4H2,1-2H3. The maximum atomic E-state index is 13.0. The predicted molar refractivity (Wildman–Crippen MR) is 99.7 cm³/mol. The second-order valence-corrected chi connectivity index (χ2v) is 5.79. The van der Waals surface area contributed by atoms with Gasteiger partial charge in [-0.3, -0.25) is 9.59 Å². The van der Waals surface area contributed by atoms with Crippen LogP contribution in [0, 0.1) is 0 Å². The Morgan fingerprint density at radius 2 is 1.69 bits per heavy atom. The van der Waals surface area contributed by atoms with Crippen LogP contribution >= 0.6 is 0 Å². The van der Waals surface area contributed by atoms with E-state index in [1.165, 1.54) is 6.07 Å². The Morgan fingerprint density at radius 3 is 2.35 bits per heavy atom. The molecule has 0 aliphatic carbocycles. The van der Waals surface area contributed by atoms with E-state index in [4.69, 9.17) is 4.74 Å². The van der Waals surface area contributed by atoms with Gasteiger partial charge in [-0.05, 0) is 32.0 Å². The molecule has 5 nitrogen and oxygen atoms in total. The summed E-state index contributed by atoms with van der Waals surface area (Å²) in [7, 11) is 0. The normalized spacial score (nSPS) is 10.7. The van der Waals surface area contributed by atoms with Gasteiger partial charge in [-0.15, -0.1) is 0 Å². The zero-order valence-corrected chi connectivity index (χ0v) is 14.7. The van der Waals surface area contributed by atoms with E-state index in [2.05, 4.69) is 0 Å². The Morgan fingerprint density at radius 1 is 0.962 bits per heavy atom. The number of hydrogen-bond donors (Lipinski definition) is 0. The number of ether oxygens (including phenoxy) is 1. The SMILES string of the molecule is CCOC(=O)c1ccc2c(c1)c(C(=O)c1ccccc1)cc(=O)n2CC. The Bertz CT molecular complexity index is 1040. The van der Waals surface area contributed by atoms with Crippen LogP contribution in [0.3, 0.4) is 0 Å². The van der Waals surface area contributed by atoms with Crippen molar-refractivity contribution in [3.05, 3.63) is 81.6 Å². The Labute approximate surface area is 150 Å². The van der Waals surface area contributed by atoms with Gasteiger partial charge in [0.25, 0.3) is 5.56 Å². The van der Waals surface area contributed by atoms with E-state index in [0.29, 0.717) is 28.6 Å². The molecule has 0 unspecified atom stereocenters. The van der Waals surface area contributed by atoms with Crippen LogP contribution in [0.25, 0.3) is 10.9 Å². The van der Waals surface area contributed by atoms with Crippen molar-refractivity contribution < 1.29 is 14.3 Å². The third-order valence-electron chi connectivity index (χ3n) is 4.22. The second kappa shape index (κ2) is 7.35. The summed E-state index contributed by atoms with van der Waals surface area (Å²) in [5, 5.41) is 0.561. The van der Waals surface area contributed by atoms with Gasteiger partial charge in [0.05, 0.1) is 17.7 Å². The fraction of sp³-hybridized carbons (Fsp3) is 0.190. The first-order valence-corrected chi connectivity index (χ1v) is 8.51. The molecule has 0 aliphatic rings. The lowest BCUT2D eigenvalue weighted by Crippen LogP contribution is -2.21. The molecule has 0 aliphatic heterocycles. The van der Waals surface area contributed by atoms with E-state index in [9.17, 15) is 14.4 Å². The largest absolute Gasteiger partial charge is 0.462 e. The third kappa shape index (κ3) is 3.16. The highest BCUT2D eigenvalue weighted by atomic mass is 16.5. The molecular formula is C21H19NO4. The van der Waals surface area contributed by atoms with Gasteiger partial charge < -0.3 is 9.30 Å². The average Bonchev–Trinajstić information content (AvgIpc) is 2.67. The minimum atomic E-state index is -0.457. The molecule has 0 radical (unpaired) electrons. The van der Waals surface area contributed by atoms with E-state index < -0.39 is 5.97 Å².